The zero-order valence-electron chi connectivity index (χ0n) is 12.4. The van der Waals surface area contributed by atoms with Gasteiger partial charge in [-0.2, -0.15) is 0 Å². The number of aryl methyl sites for hydroxylation is 1. The van der Waals surface area contributed by atoms with Crippen LogP contribution in [0.4, 0.5) is 4.39 Å². The number of furan rings is 1. The molecule has 0 bridgehead atoms. The van der Waals surface area contributed by atoms with E-state index in [-0.39, 0.29) is 22.9 Å². The molecular formula is C16H15BrFNO4. The number of rotatable bonds is 6. The molecule has 0 fully saturated rings. The van der Waals surface area contributed by atoms with E-state index in [1.54, 1.807) is 19.1 Å². The summed E-state index contributed by atoms with van der Waals surface area (Å²) in [4.78, 5) is 23.0. The molecule has 0 aliphatic heterocycles. The number of carboxylic acid groups (broad SMARTS) is 1. The monoisotopic (exact) mass is 383 g/mol. The Balaban J connectivity index is 1.97. The number of carbonyl (C=O) groups excluding carboxylic acids is 1. The van der Waals surface area contributed by atoms with Gasteiger partial charge in [0.05, 0.1) is 4.47 Å². The summed E-state index contributed by atoms with van der Waals surface area (Å²) in [6, 6.07) is 5.86. The number of hydrogen-bond donors (Lipinski definition) is 2. The van der Waals surface area contributed by atoms with Gasteiger partial charge in [-0.25, -0.2) is 9.18 Å². The van der Waals surface area contributed by atoms with Gasteiger partial charge in [0.15, 0.2) is 5.76 Å². The van der Waals surface area contributed by atoms with Crippen LogP contribution in [-0.2, 0) is 12.8 Å². The number of benzene rings is 1. The molecule has 1 aromatic heterocycles. The van der Waals surface area contributed by atoms with Crippen molar-refractivity contribution in [1.29, 1.82) is 0 Å². The number of aromatic carboxylic acids is 1. The van der Waals surface area contributed by atoms with Gasteiger partial charge in [0, 0.05) is 19.0 Å². The molecule has 0 saturated carbocycles. The third-order valence-electron chi connectivity index (χ3n) is 3.27. The zero-order chi connectivity index (χ0) is 17.0. The van der Waals surface area contributed by atoms with E-state index in [1.165, 1.54) is 12.1 Å². The maximum atomic E-state index is 13.1. The van der Waals surface area contributed by atoms with Crippen molar-refractivity contribution in [3.63, 3.8) is 0 Å². The fourth-order valence-electron chi connectivity index (χ4n) is 2.09. The molecule has 1 amide bonds. The first kappa shape index (κ1) is 17.2. The van der Waals surface area contributed by atoms with E-state index in [9.17, 15) is 14.0 Å². The molecule has 0 aliphatic rings. The van der Waals surface area contributed by atoms with E-state index in [4.69, 9.17) is 9.52 Å². The summed E-state index contributed by atoms with van der Waals surface area (Å²) >= 11 is 3.10. The average molecular weight is 384 g/mol. The third kappa shape index (κ3) is 4.19. The number of halogens is 2. The predicted octanol–water partition coefficient (Wildman–Crippen LogP) is 3.41. The Morgan fingerprint density at radius 2 is 2.09 bits per heavy atom. The molecule has 23 heavy (non-hydrogen) atoms. The van der Waals surface area contributed by atoms with Crippen LogP contribution < -0.4 is 5.32 Å². The van der Waals surface area contributed by atoms with Crippen molar-refractivity contribution in [3.8, 4) is 0 Å². The lowest BCUT2D eigenvalue weighted by molar-refractivity contribution is 0.0694. The van der Waals surface area contributed by atoms with Gasteiger partial charge >= 0.3 is 5.97 Å². The molecule has 0 radical (unpaired) electrons. The van der Waals surface area contributed by atoms with Crippen LogP contribution in [0.1, 0.15) is 39.2 Å². The first-order chi connectivity index (χ1) is 10.9. The summed E-state index contributed by atoms with van der Waals surface area (Å²) in [5, 5.41) is 11.7. The van der Waals surface area contributed by atoms with E-state index in [0.29, 0.717) is 23.9 Å². The highest BCUT2D eigenvalue weighted by molar-refractivity contribution is 9.10. The van der Waals surface area contributed by atoms with Crippen molar-refractivity contribution < 1.29 is 23.5 Å². The molecule has 0 saturated heterocycles. The highest BCUT2D eigenvalue weighted by atomic mass is 79.9. The predicted molar refractivity (Wildman–Crippen MR) is 85.2 cm³/mol. The maximum Gasteiger partial charge on any atom is 0.339 e. The Labute approximate surface area is 140 Å². The van der Waals surface area contributed by atoms with Gasteiger partial charge in [-0.15, -0.1) is 0 Å². The third-order valence-corrected chi connectivity index (χ3v) is 3.88. The van der Waals surface area contributed by atoms with E-state index in [0.717, 1.165) is 5.56 Å². The summed E-state index contributed by atoms with van der Waals surface area (Å²) in [6.45, 7) is 2.07. The first-order valence-corrected chi connectivity index (χ1v) is 7.79. The smallest absolute Gasteiger partial charge is 0.339 e. The number of nitrogens with one attached hydrogen (secondary N) is 1. The molecule has 7 heteroatoms. The standard InChI is InChI=1S/C16H15BrFNO4/c1-2-13-10(16(21)22)8-14(23-13)15(20)19-6-5-9-3-4-12(18)11(17)7-9/h3-4,7-8H,2,5-6H2,1H3,(H,19,20)(H,21,22). The SMILES string of the molecule is CCc1oc(C(=O)NCCc2ccc(F)c(Br)c2)cc1C(=O)O. The number of hydrogen-bond acceptors (Lipinski definition) is 3. The van der Waals surface area contributed by atoms with E-state index in [1.807, 2.05) is 0 Å². The number of carbonyl (C=O) groups is 2. The number of carboxylic acids is 1. The van der Waals surface area contributed by atoms with Crippen LogP contribution in [0.25, 0.3) is 0 Å². The summed E-state index contributed by atoms with van der Waals surface area (Å²) < 4.78 is 18.8. The second-order valence-corrected chi connectivity index (χ2v) is 5.71. The lowest BCUT2D eigenvalue weighted by atomic mass is 10.1. The van der Waals surface area contributed by atoms with Gasteiger partial charge in [-0.05, 0) is 40.0 Å². The summed E-state index contributed by atoms with van der Waals surface area (Å²) in [6.07, 6.45) is 0.899. The fraction of sp³-hybridized carbons (Fsp3) is 0.250. The Morgan fingerprint density at radius 3 is 2.65 bits per heavy atom. The lowest BCUT2D eigenvalue weighted by Crippen LogP contribution is -2.25. The minimum Gasteiger partial charge on any atom is -0.478 e. The molecule has 122 valence electrons. The van der Waals surface area contributed by atoms with Crippen molar-refractivity contribution in [2.75, 3.05) is 6.54 Å². The second kappa shape index (κ2) is 7.41. The number of amides is 1. The van der Waals surface area contributed by atoms with Crippen molar-refractivity contribution in [3.05, 3.63) is 57.2 Å². The Morgan fingerprint density at radius 1 is 1.35 bits per heavy atom. The summed E-state index contributed by atoms with van der Waals surface area (Å²) in [7, 11) is 0. The molecule has 0 unspecified atom stereocenters. The summed E-state index contributed by atoms with van der Waals surface area (Å²) in [5.41, 5.74) is 0.860. The highest BCUT2D eigenvalue weighted by Gasteiger charge is 2.19. The van der Waals surface area contributed by atoms with Crippen LogP contribution in [-0.4, -0.2) is 23.5 Å². The molecule has 2 aromatic rings. The molecular weight excluding hydrogens is 369 g/mol. The van der Waals surface area contributed by atoms with Crippen molar-refractivity contribution in [2.24, 2.45) is 0 Å². The van der Waals surface area contributed by atoms with E-state index >= 15 is 0 Å². The van der Waals surface area contributed by atoms with Gasteiger partial charge in [-0.3, -0.25) is 4.79 Å². The molecule has 5 nitrogen and oxygen atoms in total. The molecule has 1 heterocycles. The van der Waals surface area contributed by atoms with E-state index in [2.05, 4.69) is 21.2 Å². The van der Waals surface area contributed by atoms with Crippen LogP contribution >= 0.6 is 15.9 Å². The Bertz CT molecular complexity index is 742. The van der Waals surface area contributed by atoms with Crippen molar-refractivity contribution >= 4 is 27.8 Å². The van der Waals surface area contributed by atoms with Gasteiger partial charge in [-0.1, -0.05) is 13.0 Å². The van der Waals surface area contributed by atoms with Gasteiger partial charge in [0.1, 0.15) is 17.1 Å². The quantitative estimate of drug-likeness (QED) is 0.800. The largest absolute Gasteiger partial charge is 0.478 e. The molecule has 0 aliphatic carbocycles. The first-order valence-electron chi connectivity index (χ1n) is 7.00. The topological polar surface area (TPSA) is 79.5 Å². The zero-order valence-corrected chi connectivity index (χ0v) is 13.9. The minimum absolute atomic E-state index is 0.000107. The Kier molecular flexibility index (Phi) is 5.54. The van der Waals surface area contributed by atoms with Crippen LogP contribution in [0.5, 0.6) is 0 Å². The van der Waals surface area contributed by atoms with Crippen LogP contribution in [0, 0.1) is 5.82 Å². The molecule has 2 N–H and O–H groups in total. The maximum absolute atomic E-state index is 13.1. The van der Waals surface area contributed by atoms with Gasteiger partial charge in [0.25, 0.3) is 5.91 Å². The molecule has 2 rings (SSSR count). The average Bonchev–Trinajstić information content (AvgIpc) is 2.95. The highest BCUT2D eigenvalue weighted by Crippen LogP contribution is 2.18. The van der Waals surface area contributed by atoms with Gasteiger partial charge < -0.3 is 14.8 Å². The molecule has 1 aromatic carbocycles. The molecule has 0 atom stereocenters. The summed E-state index contributed by atoms with van der Waals surface area (Å²) in [5.74, 6) is -1.71. The second-order valence-electron chi connectivity index (χ2n) is 4.86. The molecule has 0 spiro atoms. The van der Waals surface area contributed by atoms with Crippen LogP contribution in [0.3, 0.4) is 0 Å². The van der Waals surface area contributed by atoms with Crippen LogP contribution in [0.2, 0.25) is 0 Å². The lowest BCUT2D eigenvalue weighted by Gasteiger charge is -2.04. The fourth-order valence-corrected chi connectivity index (χ4v) is 2.51. The minimum atomic E-state index is -1.12. The van der Waals surface area contributed by atoms with Crippen LogP contribution in [0.15, 0.2) is 33.2 Å². The van der Waals surface area contributed by atoms with E-state index < -0.39 is 11.9 Å². The van der Waals surface area contributed by atoms with Crippen molar-refractivity contribution in [2.45, 2.75) is 19.8 Å². The Hall–Kier alpha value is -2.15. The van der Waals surface area contributed by atoms with Gasteiger partial charge in [0.2, 0.25) is 0 Å². The van der Waals surface area contributed by atoms with Crippen molar-refractivity contribution in [1.82, 2.24) is 5.32 Å². The normalized spacial score (nSPS) is 10.6.